The molecule has 140 valence electrons. The van der Waals surface area contributed by atoms with Gasteiger partial charge in [-0.2, -0.15) is 0 Å². The molecular weight excluding hydrogens is 340 g/mol. The molecule has 0 unspecified atom stereocenters. The number of benzene rings is 2. The molecule has 27 heavy (non-hydrogen) atoms. The Hall–Kier alpha value is -3.08. The Kier molecular flexibility index (Phi) is 5.60. The molecule has 3 aromatic rings. The fourth-order valence-electron chi connectivity index (χ4n) is 2.91. The van der Waals surface area contributed by atoms with Gasteiger partial charge >= 0.3 is 0 Å². The van der Waals surface area contributed by atoms with Gasteiger partial charge in [-0.15, -0.1) is 0 Å². The highest BCUT2D eigenvalue weighted by Gasteiger charge is 2.16. The Morgan fingerprint density at radius 2 is 1.81 bits per heavy atom. The number of para-hydroxylation sites is 1. The molecule has 0 saturated heterocycles. The first-order valence-electron chi connectivity index (χ1n) is 9.00. The van der Waals surface area contributed by atoms with Gasteiger partial charge in [0.2, 0.25) is 0 Å². The van der Waals surface area contributed by atoms with Crippen molar-refractivity contribution in [2.45, 2.75) is 26.3 Å². The molecule has 0 aliphatic heterocycles. The van der Waals surface area contributed by atoms with E-state index in [0.29, 0.717) is 22.8 Å². The summed E-state index contributed by atoms with van der Waals surface area (Å²) in [5.41, 5.74) is 2.96. The van der Waals surface area contributed by atoms with Crippen molar-refractivity contribution in [1.82, 2.24) is 10.3 Å². The lowest BCUT2D eigenvalue weighted by molar-refractivity contribution is 0.0941. The van der Waals surface area contributed by atoms with Crippen LogP contribution in [0, 0.1) is 0 Å². The SMILES string of the molecule is CC[C@@H](C)NC(=O)c1cc(-c2ccc(OC)c(OC)c2)nc2ccccc12. The van der Waals surface area contributed by atoms with Crippen LogP contribution >= 0.6 is 0 Å². The van der Waals surface area contributed by atoms with Crippen molar-refractivity contribution in [3.8, 4) is 22.8 Å². The van der Waals surface area contributed by atoms with Crippen LogP contribution in [-0.2, 0) is 0 Å². The van der Waals surface area contributed by atoms with Gasteiger partial charge in [-0.1, -0.05) is 25.1 Å². The van der Waals surface area contributed by atoms with E-state index in [4.69, 9.17) is 14.5 Å². The number of fused-ring (bicyclic) bond motifs is 1. The maximum absolute atomic E-state index is 12.9. The third-order valence-electron chi connectivity index (χ3n) is 4.63. The molecule has 1 amide bonds. The predicted octanol–water partition coefficient (Wildman–Crippen LogP) is 4.45. The first kappa shape index (κ1) is 18.7. The van der Waals surface area contributed by atoms with E-state index in [9.17, 15) is 4.79 Å². The molecule has 1 aromatic heterocycles. The van der Waals surface area contributed by atoms with Gasteiger partial charge in [0.15, 0.2) is 11.5 Å². The molecule has 0 aliphatic rings. The van der Waals surface area contributed by atoms with Crippen LogP contribution in [0.4, 0.5) is 0 Å². The summed E-state index contributed by atoms with van der Waals surface area (Å²) in [6, 6.07) is 15.2. The number of nitrogens with one attached hydrogen (secondary N) is 1. The van der Waals surface area contributed by atoms with Crippen LogP contribution in [0.5, 0.6) is 11.5 Å². The minimum atomic E-state index is -0.0929. The van der Waals surface area contributed by atoms with Gasteiger partial charge in [-0.25, -0.2) is 4.98 Å². The summed E-state index contributed by atoms with van der Waals surface area (Å²) < 4.78 is 10.7. The second-order valence-electron chi connectivity index (χ2n) is 6.42. The molecule has 2 aromatic carbocycles. The fraction of sp³-hybridized carbons (Fsp3) is 0.273. The third-order valence-corrected chi connectivity index (χ3v) is 4.63. The average Bonchev–Trinajstić information content (AvgIpc) is 2.72. The molecule has 0 radical (unpaired) electrons. The van der Waals surface area contributed by atoms with E-state index in [2.05, 4.69) is 5.32 Å². The number of amides is 1. The molecule has 1 atom stereocenters. The topological polar surface area (TPSA) is 60.5 Å². The van der Waals surface area contributed by atoms with Crippen molar-refractivity contribution >= 4 is 16.8 Å². The van der Waals surface area contributed by atoms with Crippen LogP contribution in [0.3, 0.4) is 0 Å². The lowest BCUT2D eigenvalue weighted by Crippen LogP contribution is -2.32. The number of carbonyl (C=O) groups is 1. The monoisotopic (exact) mass is 364 g/mol. The van der Waals surface area contributed by atoms with Crippen LogP contribution < -0.4 is 14.8 Å². The lowest BCUT2D eigenvalue weighted by Gasteiger charge is -2.15. The number of rotatable bonds is 6. The normalized spacial score (nSPS) is 11.9. The molecule has 0 bridgehead atoms. The molecule has 0 aliphatic carbocycles. The molecule has 5 heteroatoms. The molecular formula is C22H24N2O3. The second-order valence-corrected chi connectivity index (χ2v) is 6.42. The van der Waals surface area contributed by atoms with Gasteiger partial charge in [0.05, 0.1) is 31.0 Å². The first-order valence-corrected chi connectivity index (χ1v) is 9.00. The Morgan fingerprint density at radius 1 is 1.07 bits per heavy atom. The number of ether oxygens (including phenoxy) is 2. The average molecular weight is 364 g/mol. The zero-order valence-electron chi connectivity index (χ0n) is 16.1. The van der Waals surface area contributed by atoms with Crippen molar-refractivity contribution in [1.29, 1.82) is 0 Å². The van der Waals surface area contributed by atoms with Gasteiger partial charge in [0.1, 0.15) is 0 Å². The van der Waals surface area contributed by atoms with Crippen LogP contribution in [0.1, 0.15) is 30.6 Å². The van der Waals surface area contributed by atoms with Gasteiger partial charge in [0, 0.05) is 17.0 Å². The van der Waals surface area contributed by atoms with Crippen LogP contribution in [-0.4, -0.2) is 31.2 Å². The minimum Gasteiger partial charge on any atom is -0.493 e. The highest BCUT2D eigenvalue weighted by atomic mass is 16.5. The minimum absolute atomic E-state index is 0.0929. The summed E-state index contributed by atoms with van der Waals surface area (Å²) in [4.78, 5) is 17.6. The predicted molar refractivity (Wildman–Crippen MR) is 108 cm³/mol. The van der Waals surface area contributed by atoms with E-state index in [0.717, 1.165) is 22.9 Å². The molecule has 3 rings (SSSR count). The second kappa shape index (κ2) is 8.08. The maximum atomic E-state index is 12.9. The number of nitrogens with zero attached hydrogens (tertiary/aromatic N) is 1. The van der Waals surface area contributed by atoms with Crippen molar-refractivity contribution in [3.63, 3.8) is 0 Å². The molecule has 0 fully saturated rings. The van der Waals surface area contributed by atoms with E-state index in [1.807, 2.05) is 62.4 Å². The zero-order valence-corrected chi connectivity index (χ0v) is 16.1. The van der Waals surface area contributed by atoms with Gasteiger partial charge in [-0.05, 0) is 43.7 Å². The van der Waals surface area contributed by atoms with E-state index < -0.39 is 0 Å². The lowest BCUT2D eigenvalue weighted by atomic mass is 10.0. The number of methoxy groups -OCH3 is 2. The van der Waals surface area contributed by atoms with Crippen molar-refractivity contribution in [2.24, 2.45) is 0 Å². The summed E-state index contributed by atoms with van der Waals surface area (Å²) >= 11 is 0. The van der Waals surface area contributed by atoms with Crippen LogP contribution in [0.25, 0.3) is 22.2 Å². The van der Waals surface area contributed by atoms with E-state index in [1.54, 1.807) is 14.2 Å². The number of hydrogen-bond acceptors (Lipinski definition) is 4. The van der Waals surface area contributed by atoms with E-state index >= 15 is 0 Å². The van der Waals surface area contributed by atoms with E-state index in [-0.39, 0.29) is 11.9 Å². The summed E-state index contributed by atoms with van der Waals surface area (Å²) in [5.74, 6) is 1.18. The van der Waals surface area contributed by atoms with Crippen molar-refractivity contribution in [3.05, 3.63) is 54.1 Å². The van der Waals surface area contributed by atoms with Crippen LogP contribution in [0.2, 0.25) is 0 Å². The largest absolute Gasteiger partial charge is 0.493 e. The quantitative estimate of drug-likeness (QED) is 0.702. The Bertz CT molecular complexity index is 969. The van der Waals surface area contributed by atoms with Crippen molar-refractivity contribution < 1.29 is 14.3 Å². The van der Waals surface area contributed by atoms with Gasteiger partial charge in [0.25, 0.3) is 5.91 Å². The Labute approximate surface area is 159 Å². The number of pyridine rings is 1. The van der Waals surface area contributed by atoms with Gasteiger partial charge in [-0.3, -0.25) is 4.79 Å². The Morgan fingerprint density at radius 3 is 2.52 bits per heavy atom. The standard InChI is InChI=1S/C22H24N2O3/c1-5-14(2)23-22(25)17-13-19(24-18-9-7-6-8-16(17)18)15-10-11-20(26-3)21(12-15)27-4/h6-14H,5H2,1-4H3,(H,23,25)/t14-/m1/s1. The van der Waals surface area contributed by atoms with Crippen molar-refractivity contribution in [2.75, 3.05) is 14.2 Å². The molecule has 0 spiro atoms. The molecule has 5 nitrogen and oxygen atoms in total. The van der Waals surface area contributed by atoms with Gasteiger partial charge < -0.3 is 14.8 Å². The fourth-order valence-corrected chi connectivity index (χ4v) is 2.91. The van der Waals surface area contributed by atoms with E-state index in [1.165, 1.54) is 0 Å². The Balaban J connectivity index is 2.13. The first-order chi connectivity index (χ1) is 13.1. The summed E-state index contributed by atoms with van der Waals surface area (Å²) in [6.07, 6.45) is 0.872. The highest BCUT2D eigenvalue weighted by molar-refractivity contribution is 6.07. The highest BCUT2D eigenvalue weighted by Crippen LogP contribution is 2.33. The van der Waals surface area contributed by atoms with Crippen LogP contribution in [0.15, 0.2) is 48.5 Å². The zero-order chi connectivity index (χ0) is 19.4. The third kappa shape index (κ3) is 3.87. The number of hydrogen-bond donors (Lipinski definition) is 1. The summed E-state index contributed by atoms with van der Waals surface area (Å²) in [5, 5.41) is 3.88. The molecule has 0 saturated carbocycles. The smallest absolute Gasteiger partial charge is 0.252 e. The maximum Gasteiger partial charge on any atom is 0.252 e. The summed E-state index contributed by atoms with van der Waals surface area (Å²) in [6.45, 7) is 4.04. The number of carbonyl (C=O) groups excluding carboxylic acids is 1. The summed E-state index contributed by atoms with van der Waals surface area (Å²) in [7, 11) is 3.20. The number of aromatic nitrogens is 1. The molecule has 1 heterocycles. The molecule has 1 N–H and O–H groups in total.